The molecule has 0 saturated carbocycles. The minimum atomic E-state index is 0.133. The van der Waals surface area contributed by atoms with E-state index in [0.717, 1.165) is 17.2 Å². The Morgan fingerprint density at radius 3 is 2.40 bits per heavy atom. The SMILES string of the molecule is Cc1cc(NC(C)c2ccccc2)nc(Nc2ccc(Cl)c(Cl)c2)n1. The third kappa shape index (κ3) is 4.62. The second-order valence-electron chi connectivity index (χ2n) is 5.75. The summed E-state index contributed by atoms with van der Waals surface area (Å²) >= 11 is 12.0. The second kappa shape index (κ2) is 7.72. The van der Waals surface area contributed by atoms with Gasteiger partial charge in [0.1, 0.15) is 5.82 Å². The number of aryl methyl sites for hydroxylation is 1. The summed E-state index contributed by atoms with van der Waals surface area (Å²) < 4.78 is 0. The Labute approximate surface area is 157 Å². The molecule has 0 radical (unpaired) electrons. The van der Waals surface area contributed by atoms with Crippen LogP contribution in [0, 0.1) is 6.92 Å². The number of anilines is 3. The molecule has 25 heavy (non-hydrogen) atoms. The molecule has 0 aliphatic heterocycles. The third-order valence-electron chi connectivity index (χ3n) is 3.69. The van der Waals surface area contributed by atoms with E-state index in [-0.39, 0.29) is 6.04 Å². The molecule has 0 spiro atoms. The molecule has 2 aromatic carbocycles. The molecule has 1 heterocycles. The Hall–Kier alpha value is -2.30. The van der Waals surface area contributed by atoms with Gasteiger partial charge in [-0.1, -0.05) is 53.5 Å². The summed E-state index contributed by atoms with van der Waals surface area (Å²) in [6.45, 7) is 4.03. The Kier molecular flexibility index (Phi) is 5.41. The average Bonchev–Trinajstić information content (AvgIpc) is 2.58. The molecule has 0 saturated heterocycles. The van der Waals surface area contributed by atoms with Gasteiger partial charge in [0.05, 0.1) is 10.0 Å². The summed E-state index contributed by atoms with van der Waals surface area (Å²) in [5.74, 6) is 1.26. The molecule has 0 fully saturated rings. The Morgan fingerprint density at radius 1 is 0.920 bits per heavy atom. The van der Waals surface area contributed by atoms with Gasteiger partial charge >= 0.3 is 0 Å². The zero-order valence-electron chi connectivity index (χ0n) is 13.9. The van der Waals surface area contributed by atoms with Crippen LogP contribution in [-0.2, 0) is 0 Å². The lowest BCUT2D eigenvalue weighted by molar-refractivity contribution is 0.871. The lowest BCUT2D eigenvalue weighted by atomic mass is 10.1. The van der Waals surface area contributed by atoms with Crippen molar-refractivity contribution >= 4 is 40.7 Å². The van der Waals surface area contributed by atoms with Gasteiger partial charge in [-0.25, -0.2) is 4.98 Å². The molecule has 3 rings (SSSR count). The summed E-state index contributed by atoms with van der Waals surface area (Å²) in [5.41, 5.74) is 2.83. The third-order valence-corrected chi connectivity index (χ3v) is 4.43. The molecular weight excluding hydrogens is 355 g/mol. The van der Waals surface area contributed by atoms with Gasteiger partial charge in [0.15, 0.2) is 0 Å². The van der Waals surface area contributed by atoms with Gasteiger partial charge in [0.2, 0.25) is 5.95 Å². The predicted molar refractivity (Wildman–Crippen MR) is 105 cm³/mol. The van der Waals surface area contributed by atoms with Crippen molar-refractivity contribution in [3.8, 4) is 0 Å². The Bertz CT molecular complexity index is 869. The molecule has 0 amide bonds. The highest BCUT2D eigenvalue weighted by molar-refractivity contribution is 6.42. The van der Waals surface area contributed by atoms with E-state index >= 15 is 0 Å². The maximum absolute atomic E-state index is 6.05. The number of nitrogens with zero attached hydrogens (tertiary/aromatic N) is 2. The van der Waals surface area contributed by atoms with Crippen LogP contribution in [0.3, 0.4) is 0 Å². The monoisotopic (exact) mass is 372 g/mol. The topological polar surface area (TPSA) is 49.8 Å². The maximum atomic E-state index is 6.05. The van der Waals surface area contributed by atoms with Crippen LogP contribution in [0.25, 0.3) is 0 Å². The van der Waals surface area contributed by atoms with Gasteiger partial charge < -0.3 is 10.6 Å². The fourth-order valence-corrected chi connectivity index (χ4v) is 2.75. The van der Waals surface area contributed by atoms with Gasteiger partial charge in [0, 0.05) is 23.5 Å². The van der Waals surface area contributed by atoms with Crippen molar-refractivity contribution in [1.82, 2.24) is 9.97 Å². The molecular formula is C19H18Cl2N4. The van der Waals surface area contributed by atoms with Crippen molar-refractivity contribution in [1.29, 1.82) is 0 Å². The summed E-state index contributed by atoms with van der Waals surface area (Å²) in [4.78, 5) is 8.96. The number of nitrogens with one attached hydrogen (secondary N) is 2. The van der Waals surface area contributed by atoms with E-state index in [1.54, 1.807) is 12.1 Å². The number of aromatic nitrogens is 2. The van der Waals surface area contributed by atoms with Gasteiger partial charge in [-0.15, -0.1) is 0 Å². The van der Waals surface area contributed by atoms with E-state index < -0.39 is 0 Å². The van der Waals surface area contributed by atoms with Crippen molar-refractivity contribution < 1.29 is 0 Å². The second-order valence-corrected chi connectivity index (χ2v) is 6.56. The zero-order chi connectivity index (χ0) is 17.8. The highest BCUT2D eigenvalue weighted by Crippen LogP contribution is 2.27. The van der Waals surface area contributed by atoms with Crippen LogP contribution in [0.5, 0.6) is 0 Å². The summed E-state index contributed by atoms with van der Waals surface area (Å²) in [5, 5.41) is 7.56. The van der Waals surface area contributed by atoms with E-state index in [1.807, 2.05) is 37.3 Å². The first kappa shape index (κ1) is 17.5. The number of halogens is 2. The normalized spacial score (nSPS) is 11.8. The molecule has 4 nitrogen and oxygen atoms in total. The molecule has 1 aromatic heterocycles. The molecule has 0 aliphatic carbocycles. The van der Waals surface area contributed by atoms with E-state index in [9.17, 15) is 0 Å². The van der Waals surface area contributed by atoms with Gasteiger partial charge in [-0.2, -0.15) is 4.98 Å². The average molecular weight is 373 g/mol. The molecule has 128 valence electrons. The Morgan fingerprint density at radius 2 is 1.68 bits per heavy atom. The Balaban J connectivity index is 1.79. The number of rotatable bonds is 5. The van der Waals surface area contributed by atoms with Gasteiger partial charge in [0.25, 0.3) is 0 Å². The molecule has 0 aliphatic rings. The van der Waals surface area contributed by atoms with Gasteiger partial charge in [-0.3, -0.25) is 0 Å². The first-order chi connectivity index (χ1) is 12.0. The van der Waals surface area contributed by atoms with Crippen LogP contribution in [0.2, 0.25) is 10.0 Å². The summed E-state index contributed by atoms with van der Waals surface area (Å²) in [7, 11) is 0. The van der Waals surface area contributed by atoms with E-state index in [2.05, 4.69) is 39.7 Å². The summed E-state index contributed by atoms with van der Waals surface area (Å²) in [6, 6.07) is 17.6. The standard InChI is InChI=1S/C19H18Cl2N4/c1-12-10-18(23-13(2)14-6-4-3-5-7-14)25-19(22-12)24-15-8-9-16(20)17(21)11-15/h3-11,13H,1-2H3,(H2,22,23,24,25). The predicted octanol–water partition coefficient (Wildman–Crippen LogP) is 6.01. The minimum Gasteiger partial charge on any atom is -0.363 e. The number of benzene rings is 2. The van der Waals surface area contributed by atoms with Crippen LogP contribution < -0.4 is 10.6 Å². The van der Waals surface area contributed by atoms with Crippen LogP contribution in [0.15, 0.2) is 54.6 Å². The maximum Gasteiger partial charge on any atom is 0.229 e. The molecule has 3 aromatic rings. The van der Waals surface area contributed by atoms with Crippen molar-refractivity contribution in [2.24, 2.45) is 0 Å². The van der Waals surface area contributed by atoms with Crippen molar-refractivity contribution in [3.05, 3.63) is 75.9 Å². The molecule has 1 atom stereocenters. The van der Waals surface area contributed by atoms with E-state index in [4.69, 9.17) is 23.2 Å². The fourth-order valence-electron chi connectivity index (χ4n) is 2.45. The molecule has 2 N–H and O–H groups in total. The van der Waals surface area contributed by atoms with Crippen molar-refractivity contribution in [2.75, 3.05) is 10.6 Å². The smallest absolute Gasteiger partial charge is 0.229 e. The first-order valence-electron chi connectivity index (χ1n) is 7.90. The molecule has 6 heteroatoms. The van der Waals surface area contributed by atoms with Crippen molar-refractivity contribution in [3.63, 3.8) is 0 Å². The minimum absolute atomic E-state index is 0.133. The van der Waals surface area contributed by atoms with Crippen LogP contribution in [0.4, 0.5) is 17.5 Å². The van der Waals surface area contributed by atoms with Crippen molar-refractivity contribution in [2.45, 2.75) is 19.9 Å². The lowest BCUT2D eigenvalue weighted by Crippen LogP contribution is -2.09. The highest BCUT2D eigenvalue weighted by atomic mass is 35.5. The highest BCUT2D eigenvalue weighted by Gasteiger charge is 2.09. The quantitative estimate of drug-likeness (QED) is 0.575. The van der Waals surface area contributed by atoms with Gasteiger partial charge in [-0.05, 0) is 37.6 Å². The van der Waals surface area contributed by atoms with E-state index in [1.165, 1.54) is 5.56 Å². The lowest BCUT2D eigenvalue weighted by Gasteiger charge is -2.16. The number of hydrogen-bond donors (Lipinski definition) is 2. The van der Waals surface area contributed by atoms with Crippen LogP contribution >= 0.6 is 23.2 Å². The first-order valence-corrected chi connectivity index (χ1v) is 8.66. The zero-order valence-corrected chi connectivity index (χ0v) is 15.4. The van der Waals surface area contributed by atoms with E-state index in [0.29, 0.717) is 16.0 Å². The fraction of sp³-hybridized carbons (Fsp3) is 0.158. The summed E-state index contributed by atoms with van der Waals surface area (Å²) in [6.07, 6.45) is 0. The van der Waals surface area contributed by atoms with Crippen LogP contribution in [-0.4, -0.2) is 9.97 Å². The van der Waals surface area contributed by atoms with Crippen LogP contribution in [0.1, 0.15) is 24.2 Å². The number of hydrogen-bond acceptors (Lipinski definition) is 4. The molecule has 1 unspecified atom stereocenters. The largest absolute Gasteiger partial charge is 0.363 e. The molecule has 0 bridgehead atoms.